The van der Waals surface area contributed by atoms with Gasteiger partial charge >= 0.3 is 17.8 Å². The van der Waals surface area contributed by atoms with Crippen molar-refractivity contribution in [2.75, 3.05) is 24.5 Å². The second-order valence-corrected chi connectivity index (χ2v) is 6.41. The minimum absolute atomic E-state index is 0.0372. The molecule has 1 aromatic heterocycles. The van der Waals surface area contributed by atoms with Crippen LogP contribution in [0.25, 0.3) is 0 Å². The lowest BCUT2D eigenvalue weighted by Gasteiger charge is -2.37. The highest BCUT2D eigenvalue weighted by Crippen LogP contribution is 2.16. The molecule has 1 saturated heterocycles. The zero-order chi connectivity index (χ0) is 19.6. The van der Waals surface area contributed by atoms with Crippen LogP contribution in [0.4, 0.5) is 10.7 Å². The highest BCUT2D eigenvalue weighted by molar-refractivity contribution is 6.30. The van der Waals surface area contributed by atoms with E-state index < -0.39 is 23.8 Å². The summed E-state index contributed by atoms with van der Waals surface area (Å²) < 4.78 is 1.29. The van der Waals surface area contributed by atoms with Gasteiger partial charge in [-0.05, 0) is 17.7 Å². The summed E-state index contributed by atoms with van der Waals surface area (Å²) in [5.41, 5.74) is 0.246. The summed E-state index contributed by atoms with van der Waals surface area (Å²) in [6, 6.07) is 5.79. The van der Waals surface area contributed by atoms with Crippen molar-refractivity contribution in [1.82, 2.24) is 19.4 Å². The number of halogens is 1. The molecule has 142 valence electrons. The highest BCUT2D eigenvalue weighted by atomic mass is 35.5. The summed E-state index contributed by atoms with van der Waals surface area (Å²) >= 11 is 5.83. The van der Waals surface area contributed by atoms with Crippen molar-refractivity contribution in [3.05, 3.63) is 51.7 Å². The number of nitrogens with zero attached hydrogens (tertiary/aromatic N) is 5. The third-order valence-corrected chi connectivity index (χ3v) is 4.46. The van der Waals surface area contributed by atoms with Crippen LogP contribution in [0.1, 0.15) is 5.56 Å². The molecule has 3 rings (SSSR count). The molecule has 2 aromatic rings. The van der Waals surface area contributed by atoms with Gasteiger partial charge in [0.25, 0.3) is 0 Å². The van der Waals surface area contributed by atoms with E-state index in [1.165, 1.54) is 15.8 Å². The van der Waals surface area contributed by atoms with Crippen LogP contribution >= 0.6 is 11.6 Å². The number of amides is 1. The Kier molecular flexibility index (Phi) is 5.26. The molecule has 1 aliphatic rings. The summed E-state index contributed by atoms with van der Waals surface area (Å²) in [4.78, 5) is 45.2. The fourth-order valence-corrected chi connectivity index (χ4v) is 2.92. The molecule has 0 bridgehead atoms. The molecule has 0 aliphatic carbocycles. The number of carboxylic acid groups (broad SMARTS) is 2. The number of carbonyl (C=O) groups is 2. The first kappa shape index (κ1) is 18.6. The van der Waals surface area contributed by atoms with E-state index in [0.29, 0.717) is 5.02 Å². The summed E-state index contributed by atoms with van der Waals surface area (Å²) in [7, 11) is 0. The number of anilines is 1. The van der Waals surface area contributed by atoms with Crippen molar-refractivity contribution in [2.24, 2.45) is 0 Å². The molecule has 1 aliphatic heterocycles. The van der Waals surface area contributed by atoms with E-state index in [2.05, 4.69) is 9.97 Å². The molecule has 27 heavy (non-hydrogen) atoms. The Hall–Kier alpha value is -3.14. The zero-order valence-corrected chi connectivity index (χ0v) is 14.8. The van der Waals surface area contributed by atoms with Gasteiger partial charge < -0.3 is 20.0 Å². The van der Waals surface area contributed by atoms with Gasteiger partial charge in [0.15, 0.2) is 0 Å². The Morgan fingerprint density at radius 1 is 1.19 bits per heavy atom. The number of rotatable bonds is 4. The molecule has 1 atom stereocenters. The third kappa shape index (κ3) is 4.17. The Balaban J connectivity index is 1.81. The number of benzene rings is 1. The van der Waals surface area contributed by atoms with Crippen molar-refractivity contribution in [2.45, 2.75) is 12.6 Å². The Morgan fingerprint density at radius 3 is 2.48 bits per heavy atom. The van der Waals surface area contributed by atoms with E-state index in [9.17, 15) is 19.5 Å². The van der Waals surface area contributed by atoms with Crippen LogP contribution in [0, 0.1) is 0 Å². The first-order valence-corrected chi connectivity index (χ1v) is 8.38. The molecular weight excluding hydrogens is 378 g/mol. The SMILES string of the molecule is O=C(O)C1CN(C(=O)O)CCN1c1ncn(Cc2ccc(Cl)cc2)c(=O)n1. The van der Waals surface area contributed by atoms with Crippen LogP contribution in [0.2, 0.25) is 5.02 Å². The van der Waals surface area contributed by atoms with E-state index in [1.54, 1.807) is 24.3 Å². The number of aliphatic carboxylic acids is 1. The lowest BCUT2D eigenvalue weighted by Crippen LogP contribution is -2.58. The summed E-state index contributed by atoms with van der Waals surface area (Å²) in [5, 5.41) is 19.0. The van der Waals surface area contributed by atoms with Crippen molar-refractivity contribution in [1.29, 1.82) is 0 Å². The maximum absolute atomic E-state index is 12.3. The first-order chi connectivity index (χ1) is 12.8. The van der Waals surface area contributed by atoms with Crippen molar-refractivity contribution in [3.63, 3.8) is 0 Å². The normalized spacial score (nSPS) is 17.0. The standard InChI is InChI=1S/C16H16ClN5O5/c17-11-3-1-10(2-4-11)7-21-9-18-14(19-15(21)25)22-6-5-20(16(26)27)8-12(22)13(23)24/h1-4,9,12H,5-8H2,(H,23,24)(H,26,27). The monoisotopic (exact) mass is 393 g/mol. The van der Waals surface area contributed by atoms with Gasteiger partial charge in [0, 0.05) is 18.1 Å². The molecule has 0 radical (unpaired) electrons. The average Bonchev–Trinajstić information content (AvgIpc) is 2.64. The summed E-state index contributed by atoms with van der Waals surface area (Å²) in [6.07, 6.45) is 0.0991. The fraction of sp³-hybridized carbons (Fsp3) is 0.312. The molecule has 1 aromatic carbocycles. The Labute approximate surface area is 158 Å². The number of hydrogen-bond acceptors (Lipinski definition) is 6. The predicted octanol–water partition coefficient (Wildman–Crippen LogP) is 0.593. The maximum Gasteiger partial charge on any atom is 0.407 e. The van der Waals surface area contributed by atoms with E-state index in [-0.39, 0.29) is 32.1 Å². The molecular formula is C16H16ClN5O5. The molecule has 2 heterocycles. The summed E-state index contributed by atoms with van der Waals surface area (Å²) in [6.45, 7) is 0.174. The number of aromatic nitrogens is 3. The van der Waals surface area contributed by atoms with E-state index in [1.807, 2.05) is 0 Å². The molecule has 1 unspecified atom stereocenters. The van der Waals surface area contributed by atoms with Crippen LogP contribution in [-0.4, -0.2) is 67.4 Å². The van der Waals surface area contributed by atoms with Crippen LogP contribution < -0.4 is 10.6 Å². The molecule has 10 nitrogen and oxygen atoms in total. The quantitative estimate of drug-likeness (QED) is 0.772. The second kappa shape index (κ2) is 7.62. The van der Waals surface area contributed by atoms with Crippen LogP contribution in [0.3, 0.4) is 0 Å². The average molecular weight is 394 g/mol. The van der Waals surface area contributed by atoms with Gasteiger partial charge in [0.1, 0.15) is 12.4 Å². The number of carboxylic acids is 1. The highest BCUT2D eigenvalue weighted by Gasteiger charge is 2.35. The minimum Gasteiger partial charge on any atom is -0.480 e. The Bertz CT molecular complexity index is 916. The van der Waals surface area contributed by atoms with Crippen LogP contribution in [-0.2, 0) is 11.3 Å². The van der Waals surface area contributed by atoms with Crippen molar-refractivity contribution in [3.8, 4) is 0 Å². The van der Waals surface area contributed by atoms with Gasteiger partial charge in [-0.1, -0.05) is 23.7 Å². The lowest BCUT2D eigenvalue weighted by molar-refractivity contribution is -0.139. The lowest BCUT2D eigenvalue weighted by atomic mass is 10.2. The van der Waals surface area contributed by atoms with E-state index in [4.69, 9.17) is 16.7 Å². The van der Waals surface area contributed by atoms with Gasteiger partial charge in [0.05, 0.1) is 13.1 Å². The Morgan fingerprint density at radius 2 is 1.89 bits per heavy atom. The van der Waals surface area contributed by atoms with Crippen LogP contribution in [0.5, 0.6) is 0 Å². The molecule has 0 spiro atoms. The molecule has 2 N–H and O–H groups in total. The summed E-state index contributed by atoms with van der Waals surface area (Å²) in [5.74, 6) is -1.25. The molecule has 1 amide bonds. The van der Waals surface area contributed by atoms with Gasteiger partial charge in [-0.25, -0.2) is 19.4 Å². The predicted molar refractivity (Wildman–Crippen MR) is 95.2 cm³/mol. The van der Waals surface area contributed by atoms with Crippen LogP contribution in [0.15, 0.2) is 35.4 Å². The molecule has 11 heteroatoms. The third-order valence-electron chi connectivity index (χ3n) is 4.21. The van der Waals surface area contributed by atoms with Gasteiger partial charge in [-0.3, -0.25) is 4.57 Å². The maximum atomic E-state index is 12.3. The van der Waals surface area contributed by atoms with E-state index in [0.717, 1.165) is 10.5 Å². The van der Waals surface area contributed by atoms with Gasteiger partial charge in [0.2, 0.25) is 5.95 Å². The smallest absolute Gasteiger partial charge is 0.407 e. The van der Waals surface area contributed by atoms with Gasteiger partial charge in [-0.15, -0.1) is 0 Å². The van der Waals surface area contributed by atoms with Crippen molar-refractivity contribution >= 4 is 29.6 Å². The largest absolute Gasteiger partial charge is 0.480 e. The second-order valence-electron chi connectivity index (χ2n) is 5.97. The molecule has 0 saturated carbocycles. The first-order valence-electron chi connectivity index (χ1n) is 8.00. The zero-order valence-electron chi connectivity index (χ0n) is 14.0. The van der Waals surface area contributed by atoms with E-state index >= 15 is 0 Å². The fourth-order valence-electron chi connectivity index (χ4n) is 2.79. The van der Waals surface area contributed by atoms with Gasteiger partial charge in [-0.2, -0.15) is 4.98 Å². The molecule has 1 fully saturated rings. The van der Waals surface area contributed by atoms with Crippen molar-refractivity contribution < 1.29 is 19.8 Å². The number of piperazine rings is 1. The number of hydrogen-bond donors (Lipinski definition) is 2. The minimum atomic E-state index is -1.21. The topological polar surface area (TPSA) is 129 Å².